The molecule has 0 saturated heterocycles. The summed E-state index contributed by atoms with van der Waals surface area (Å²) < 4.78 is 0. The van der Waals surface area contributed by atoms with Gasteiger partial charge in [0.15, 0.2) is 0 Å². The molecule has 1 aliphatic rings. The first-order valence-corrected chi connectivity index (χ1v) is 7.30. The van der Waals surface area contributed by atoms with Crippen molar-refractivity contribution in [2.45, 2.75) is 6.04 Å². The highest BCUT2D eigenvalue weighted by atomic mass is 35.5. The topological polar surface area (TPSA) is 32.3 Å². The van der Waals surface area contributed by atoms with Gasteiger partial charge in [-0.25, -0.2) is 5.01 Å². The van der Waals surface area contributed by atoms with Crippen LogP contribution >= 0.6 is 11.6 Å². The maximum Gasteiger partial charge on any atom is 0.256 e. The molecule has 1 N–H and O–H groups in total. The molecule has 0 spiro atoms. The van der Waals surface area contributed by atoms with Gasteiger partial charge in [0.1, 0.15) is 5.88 Å². The number of carbonyl (C=O) groups excluding carboxylic acids is 1. The molecule has 1 aliphatic heterocycles. The lowest BCUT2D eigenvalue weighted by atomic mass is 10.0. The monoisotopic (exact) mass is 298 g/mol. The molecule has 106 valence electrons. The molecule has 0 fully saturated rings. The van der Waals surface area contributed by atoms with Crippen LogP contribution in [0.15, 0.2) is 66.7 Å². The molecular formula is C17H15ClN2O. The largest absolute Gasteiger partial charge is 0.295 e. The van der Waals surface area contributed by atoms with Gasteiger partial charge in [0.05, 0.1) is 11.7 Å². The Morgan fingerprint density at radius 2 is 1.67 bits per heavy atom. The van der Waals surface area contributed by atoms with E-state index < -0.39 is 0 Å². The summed E-state index contributed by atoms with van der Waals surface area (Å²) in [6.45, 7) is 0. The molecule has 0 aromatic heterocycles. The third kappa shape index (κ3) is 2.78. The Morgan fingerprint density at radius 3 is 2.29 bits per heavy atom. The predicted molar refractivity (Wildman–Crippen MR) is 84.3 cm³/mol. The van der Waals surface area contributed by atoms with E-state index in [0.29, 0.717) is 0 Å². The number of nitrogens with zero attached hydrogens (tertiary/aromatic N) is 1. The van der Waals surface area contributed by atoms with E-state index in [1.54, 1.807) is 5.01 Å². The van der Waals surface area contributed by atoms with Crippen LogP contribution in [0.25, 0.3) is 5.70 Å². The van der Waals surface area contributed by atoms with Gasteiger partial charge in [-0.05, 0) is 17.2 Å². The summed E-state index contributed by atoms with van der Waals surface area (Å²) in [4.78, 5) is 12.1. The number of hydrogen-bond donors (Lipinski definition) is 1. The van der Waals surface area contributed by atoms with Gasteiger partial charge in [-0.1, -0.05) is 60.7 Å². The maximum atomic E-state index is 12.1. The van der Waals surface area contributed by atoms with Crippen LogP contribution in [0.4, 0.5) is 0 Å². The van der Waals surface area contributed by atoms with Gasteiger partial charge in [0.25, 0.3) is 5.91 Å². The van der Waals surface area contributed by atoms with E-state index in [0.717, 1.165) is 16.8 Å². The molecule has 4 heteroatoms. The number of rotatable bonds is 3. The van der Waals surface area contributed by atoms with Crippen LogP contribution in [0, 0.1) is 0 Å². The lowest BCUT2D eigenvalue weighted by Gasteiger charge is -2.24. The molecule has 2 aromatic rings. The van der Waals surface area contributed by atoms with Crippen molar-refractivity contribution in [3.05, 3.63) is 77.9 Å². The molecule has 0 aliphatic carbocycles. The number of amides is 1. The Bertz CT molecular complexity index is 655. The molecule has 1 atom stereocenters. The van der Waals surface area contributed by atoms with Crippen LogP contribution in [-0.4, -0.2) is 16.8 Å². The Kier molecular flexibility index (Phi) is 3.93. The molecule has 0 radical (unpaired) electrons. The highest BCUT2D eigenvalue weighted by Crippen LogP contribution is 2.31. The van der Waals surface area contributed by atoms with Crippen molar-refractivity contribution in [3.63, 3.8) is 0 Å². The van der Waals surface area contributed by atoms with Crippen LogP contribution < -0.4 is 5.43 Å². The quantitative estimate of drug-likeness (QED) is 0.881. The van der Waals surface area contributed by atoms with Crippen LogP contribution in [0.3, 0.4) is 0 Å². The van der Waals surface area contributed by atoms with E-state index in [1.165, 1.54) is 0 Å². The molecule has 2 aromatic carbocycles. The van der Waals surface area contributed by atoms with Crippen molar-refractivity contribution in [2.24, 2.45) is 0 Å². The zero-order chi connectivity index (χ0) is 14.7. The molecule has 0 saturated carbocycles. The number of halogens is 1. The van der Waals surface area contributed by atoms with E-state index in [4.69, 9.17) is 11.6 Å². The zero-order valence-electron chi connectivity index (χ0n) is 11.4. The van der Waals surface area contributed by atoms with Gasteiger partial charge in [-0.15, -0.1) is 11.6 Å². The lowest BCUT2D eigenvalue weighted by molar-refractivity contribution is -0.131. The first-order valence-electron chi connectivity index (χ1n) is 6.76. The Labute approximate surface area is 128 Å². The number of nitrogens with one attached hydrogen (secondary N) is 1. The Balaban J connectivity index is 1.97. The second kappa shape index (κ2) is 6.02. The van der Waals surface area contributed by atoms with Crippen LogP contribution in [0.1, 0.15) is 17.2 Å². The minimum Gasteiger partial charge on any atom is -0.295 e. The first-order chi connectivity index (χ1) is 10.3. The summed E-state index contributed by atoms with van der Waals surface area (Å²) in [5.74, 6) is -0.195. The molecule has 1 amide bonds. The second-order valence-corrected chi connectivity index (χ2v) is 5.08. The zero-order valence-corrected chi connectivity index (χ0v) is 12.1. The Hall–Kier alpha value is -2.26. The van der Waals surface area contributed by atoms with Crippen molar-refractivity contribution < 1.29 is 4.79 Å². The normalized spacial score (nSPS) is 17.3. The molecule has 3 rings (SSSR count). The molecule has 0 bridgehead atoms. The fourth-order valence-electron chi connectivity index (χ4n) is 2.42. The maximum absolute atomic E-state index is 12.1. The average Bonchev–Trinajstić information content (AvgIpc) is 3.01. The van der Waals surface area contributed by atoms with Gasteiger partial charge in [0.2, 0.25) is 0 Å². The van der Waals surface area contributed by atoms with E-state index in [2.05, 4.69) is 11.5 Å². The van der Waals surface area contributed by atoms with Crippen molar-refractivity contribution in [1.82, 2.24) is 10.4 Å². The second-order valence-electron chi connectivity index (χ2n) is 4.81. The van der Waals surface area contributed by atoms with Gasteiger partial charge in [-0.3, -0.25) is 10.2 Å². The number of benzene rings is 2. The number of hydrazine groups is 1. The molecule has 0 unspecified atom stereocenters. The third-order valence-electron chi connectivity index (χ3n) is 3.45. The predicted octanol–water partition coefficient (Wildman–Crippen LogP) is 3.35. The summed E-state index contributed by atoms with van der Waals surface area (Å²) in [5.41, 5.74) is 6.18. The smallest absolute Gasteiger partial charge is 0.256 e. The molecule has 21 heavy (non-hydrogen) atoms. The fraction of sp³-hybridized carbons (Fsp3) is 0.118. The number of alkyl halides is 1. The van der Waals surface area contributed by atoms with Crippen LogP contribution in [-0.2, 0) is 4.79 Å². The van der Waals surface area contributed by atoms with Gasteiger partial charge in [-0.2, -0.15) is 0 Å². The average molecular weight is 299 g/mol. The van der Waals surface area contributed by atoms with E-state index >= 15 is 0 Å². The van der Waals surface area contributed by atoms with E-state index in [-0.39, 0.29) is 17.8 Å². The van der Waals surface area contributed by atoms with Crippen LogP contribution in [0.5, 0.6) is 0 Å². The van der Waals surface area contributed by atoms with Crippen molar-refractivity contribution in [2.75, 3.05) is 5.88 Å². The summed E-state index contributed by atoms with van der Waals surface area (Å²) >= 11 is 5.72. The summed E-state index contributed by atoms with van der Waals surface area (Å²) in [7, 11) is 0. The van der Waals surface area contributed by atoms with Gasteiger partial charge in [0, 0.05) is 0 Å². The Morgan fingerprint density at radius 1 is 1.05 bits per heavy atom. The van der Waals surface area contributed by atoms with Crippen LogP contribution in [0.2, 0.25) is 0 Å². The number of carbonyl (C=O) groups is 1. The minimum atomic E-state index is -0.146. The minimum absolute atomic E-state index is 0.0494. The van der Waals surface area contributed by atoms with Crippen molar-refractivity contribution >= 4 is 23.2 Å². The molecule has 3 nitrogen and oxygen atoms in total. The fourth-order valence-corrected chi connectivity index (χ4v) is 2.55. The summed E-state index contributed by atoms with van der Waals surface area (Å²) in [6.07, 6.45) is 2.05. The molecule has 1 heterocycles. The van der Waals surface area contributed by atoms with Crippen molar-refractivity contribution in [1.29, 1.82) is 0 Å². The summed E-state index contributed by atoms with van der Waals surface area (Å²) in [6, 6.07) is 19.7. The third-order valence-corrected chi connectivity index (χ3v) is 3.68. The molecular weight excluding hydrogens is 284 g/mol. The van der Waals surface area contributed by atoms with Gasteiger partial charge >= 0.3 is 0 Å². The number of hydrogen-bond acceptors (Lipinski definition) is 2. The lowest BCUT2D eigenvalue weighted by Crippen LogP contribution is -2.40. The highest BCUT2D eigenvalue weighted by Gasteiger charge is 2.29. The standard InChI is InChI=1S/C17H15ClN2O/c18-12-17(21)20-16(14-9-5-2-6-10-14)11-15(19-20)13-7-3-1-4-8-13/h1-11,16,19H,12H2/t16-/m0/s1. The van der Waals surface area contributed by atoms with Crippen molar-refractivity contribution in [3.8, 4) is 0 Å². The first kappa shape index (κ1) is 13.7. The summed E-state index contributed by atoms with van der Waals surface area (Å²) in [5, 5.41) is 1.59. The SMILES string of the molecule is O=C(CCl)N1NC(c2ccccc2)=C[C@H]1c1ccccc1. The van der Waals surface area contributed by atoms with E-state index in [9.17, 15) is 4.79 Å². The highest BCUT2D eigenvalue weighted by molar-refractivity contribution is 6.27. The van der Waals surface area contributed by atoms with E-state index in [1.807, 2.05) is 60.7 Å². The van der Waals surface area contributed by atoms with Gasteiger partial charge < -0.3 is 0 Å².